The van der Waals surface area contributed by atoms with Gasteiger partial charge in [0.2, 0.25) is 0 Å². The lowest BCUT2D eigenvalue weighted by molar-refractivity contribution is -0.141. The number of thioether (sulfide) groups is 1. The lowest BCUT2D eigenvalue weighted by Gasteiger charge is -2.17. The van der Waals surface area contributed by atoms with E-state index in [0.717, 1.165) is 29.4 Å². The second kappa shape index (κ2) is 8.69. The zero-order valence-corrected chi connectivity index (χ0v) is 12.5. The quantitative estimate of drug-likeness (QED) is 0.587. The van der Waals surface area contributed by atoms with Gasteiger partial charge in [-0.1, -0.05) is 6.92 Å². The highest BCUT2D eigenvalue weighted by atomic mass is 32.2. The van der Waals surface area contributed by atoms with E-state index in [0.29, 0.717) is 0 Å². The highest BCUT2D eigenvalue weighted by Gasteiger charge is 2.18. The van der Waals surface area contributed by atoms with Crippen LogP contribution in [0.4, 0.5) is 5.69 Å². The molecule has 0 radical (unpaired) electrons. The van der Waals surface area contributed by atoms with Gasteiger partial charge in [0, 0.05) is 5.69 Å². The summed E-state index contributed by atoms with van der Waals surface area (Å²) in [6, 6.07) is 7.19. The lowest BCUT2D eigenvalue weighted by Crippen LogP contribution is -2.31. The molecule has 0 bridgehead atoms. The highest BCUT2D eigenvalue weighted by Crippen LogP contribution is 2.17. The molecule has 19 heavy (non-hydrogen) atoms. The maximum atomic E-state index is 11.7. The Balaban J connectivity index is 2.61. The van der Waals surface area contributed by atoms with Crippen molar-refractivity contribution in [2.75, 3.05) is 31.0 Å². The van der Waals surface area contributed by atoms with E-state index in [1.54, 1.807) is 7.11 Å². The fourth-order valence-corrected chi connectivity index (χ4v) is 2.32. The molecule has 1 rings (SSSR count). The maximum Gasteiger partial charge on any atom is 0.328 e. The van der Waals surface area contributed by atoms with E-state index in [4.69, 9.17) is 9.47 Å². The Morgan fingerprint density at radius 3 is 2.53 bits per heavy atom. The average molecular weight is 283 g/mol. The Labute approximate surface area is 118 Å². The van der Waals surface area contributed by atoms with Crippen LogP contribution >= 0.6 is 11.8 Å². The van der Waals surface area contributed by atoms with Gasteiger partial charge in [-0.3, -0.25) is 0 Å². The van der Waals surface area contributed by atoms with Gasteiger partial charge >= 0.3 is 5.97 Å². The van der Waals surface area contributed by atoms with Crippen LogP contribution in [-0.2, 0) is 9.53 Å². The number of hydrogen-bond acceptors (Lipinski definition) is 5. The molecule has 0 saturated heterocycles. The van der Waals surface area contributed by atoms with E-state index in [9.17, 15) is 4.79 Å². The summed E-state index contributed by atoms with van der Waals surface area (Å²) in [6.07, 6.45) is 0.747. The molecule has 0 aliphatic heterocycles. The van der Waals surface area contributed by atoms with Crippen LogP contribution in [-0.4, -0.2) is 37.7 Å². The standard InChI is InChI=1S/C14H21NO3S/c1-4-19-10-9-13(14(16)18-3)15-11-5-7-12(17-2)8-6-11/h5-8,13,15H,4,9-10H2,1-3H3. The maximum absolute atomic E-state index is 11.7. The molecule has 0 heterocycles. The minimum atomic E-state index is -0.308. The van der Waals surface area contributed by atoms with E-state index < -0.39 is 0 Å². The topological polar surface area (TPSA) is 47.6 Å². The molecule has 0 aliphatic carbocycles. The van der Waals surface area contributed by atoms with Crippen molar-refractivity contribution in [3.63, 3.8) is 0 Å². The molecule has 0 aromatic heterocycles. The molecule has 0 saturated carbocycles. The molecule has 1 aromatic carbocycles. The van der Waals surface area contributed by atoms with Gasteiger partial charge < -0.3 is 14.8 Å². The molecular formula is C14H21NO3S. The second-order valence-electron chi connectivity index (χ2n) is 3.93. The third-order valence-electron chi connectivity index (χ3n) is 2.67. The second-order valence-corrected chi connectivity index (χ2v) is 5.33. The van der Waals surface area contributed by atoms with Gasteiger partial charge in [-0.2, -0.15) is 11.8 Å². The molecule has 1 aromatic rings. The van der Waals surface area contributed by atoms with Gasteiger partial charge in [0.25, 0.3) is 0 Å². The van der Waals surface area contributed by atoms with Crippen molar-refractivity contribution in [2.45, 2.75) is 19.4 Å². The molecule has 1 unspecified atom stereocenters. The summed E-state index contributed by atoms with van der Waals surface area (Å²) in [6.45, 7) is 2.11. The first kappa shape index (κ1) is 15.7. The van der Waals surface area contributed by atoms with Crippen molar-refractivity contribution in [1.29, 1.82) is 0 Å². The summed E-state index contributed by atoms with van der Waals surface area (Å²) >= 11 is 1.81. The van der Waals surface area contributed by atoms with Gasteiger partial charge in [0.15, 0.2) is 0 Å². The summed E-state index contributed by atoms with van der Waals surface area (Å²) in [7, 11) is 3.04. The Morgan fingerprint density at radius 2 is 2.00 bits per heavy atom. The van der Waals surface area contributed by atoms with Gasteiger partial charge in [-0.05, 0) is 42.2 Å². The number of methoxy groups -OCH3 is 2. The van der Waals surface area contributed by atoms with Gasteiger partial charge in [-0.15, -0.1) is 0 Å². The van der Waals surface area contributed by atoms with Gasteiger partial charge in [-0.25, -0.2) is 4.79 Å². The number of nitrogens with one attached hydrogen (secondary N) is 1. The fourth-order valence-electron chi connectivity index (χ4n) is 1.63. The third-order valence-corrected chi connectivity index (χ3v) is 3.60. The van der Waals surface area contributed by atoms with E-state index in [1.165, 1.54) is 7.11 Å². The van der Waals surface area contributed by atoms with Crippen molar-refractivity contribution in [1.82, 2.24) is 0 Å². The molecule has 106 valence electrons. The number of benzene rings is 1. The summed E-state index contributed by atoms with van der Waals surface area (Å²) in [5.41, 5.74) is 0.887. The van der Waals surface area contributed by atoms with Crippen molar-refractivity contribution >= 4 is 23.4 Å². The van der Waals surface area contributed by atoms with E-state index >= 15 is 0 Å². The zero-order chi connectivity index (χ0) is 14.1. The van der Waals surface area contributed by atoms with Crippen LogP contribution in [0.15, 0.2) is 24.3 Å². The Bertz CT molecular complexity index is 381. The number of esters is 1. The molecule has 5 heteroatoms. The molecule has 0 amide bonds. The van der Waals surface area contributed by atoms with Crippen molar-refractivity contribution in [2.24, 2.45) is 0 Å². The first-order valence-corrected chi connectivity index (χ1v) is 7.42. The number of carbonyl (C=O) groups excluding carboxylic acids is 1. The molecule has 1 N–H and O–H groups in total. The minimum Gasteiger partial charge on any atom is -0.497 e. The smallest absolute Gasteiger partial charge is 0.328 e. The van der Waals surface area contributed by atoms with E-state index in [1.807, 2.05) is 36.0 Å². The average Bonchev–Trinajstić information content (AvgIpc) is 2.46. The molecule has 1 atom stereocenters. The normalized spacial score (nSPS) is 11.7. The number of carbonyl (C=O) groups is 1. The van der Waals surface area contributed by atoms with Gasteiger partial charge in [0.05, 0.1) is 14.2 Å². The lowest BCUT2D eigenvalue weighted by atomic mass is 10.2. The van der Waals surface area contributed by atoms with Crippen LogP contribution in [0, 0.1) is 0 Å². The molecule has 0 aliphatic rings. The highest BCUT2D eigenvalue weighted by molar-refractivity contribution is 7.99. The van der Waals surface area contributed by atoms with Gasteiger partial charge in [0.1, 0.15) is 11.8 Å². The SMILES string of the molecule is CCSCCC(Nc1ccc(OC)cc1)C(=O)OC. The summed E-state index contributed by atoms with van der Waals surface area (Å²) < 4.78 is 9.92. The molecular weight excluding hydrogens is 262 g/mol. The van der Waals surface area contributed by atoms with Crippen LogP contribution < -0.4 is 10.1 Å². The molecule has 4 nitrogen and oxygen atoms in total. The van der Waals surface area contributed by atoms with Crippen LogP contribution in [0.5, 0.6) is 5.75 Å². The first-order valence-electron chi connectivity index (χ1n) is 6.27. The van der Waals surface area contributed by atoms with Crippen LogP contribution in [0.2, 0.25) is 0 Å². The Morgan fingerprint density at radius 1 is 1.32 bits per heavy atom. The van der Waals surface area contributed by atoms with Crippen LogP contribution in [0.1, 0.15) is 13.3 Å². The number of ether oxygens (including phenoxy) is 2. The van der Waals surface area contributed by atoms with Crippen LogP contribution in [0.25, 0.3) is 0 Å². The minimum absolute atomic E-state index is 0.229. The molecule has 0 fully saturated rings. The van der Waals surface area contributed by atoms with Crippen molar-refractivity contribution in [3.05, 3.63) is 24.3 Å². The Kier molecular flexibility index (Phi) is 7.18. The van der Waals surface area contributed by atoms with Crippen LogP contribution in [0.3, 0.4) is 0 Å². The Hall–Kier alpha value is -1.36. The summed E-state index contributed by atoms with van der Waals surface area (Å²) in [5.74, 6) is 2.55. The van der Waals surface area contributed by atoms with Crippen molar-refractivity contribution < 1.29 is 14.3 Å². The molecule has 0 spiro atoms. The van der Waals surface area contributed by atoms with Crippen molar-refractivity contribution in [3.8, 4) is 5.75 Å². The number of anilines is 1. The summed E-state index contributed by atoms with van der Waals surface area (Å²) in [5, 5.41) is 3.20. The zero-order valence-electron chi connectivity index (χ0n) is 11.6. The largest absolute Gasteiger partial charge is 0.497 e. The van der Waals surface area contributed by atoms with E-state index in [-0.39, 0.29) is 12.0 Å². The number of rotatable bonds is 8. The predicted octanol–water partition coefficient (Wildman–Crippen LogP) is 2.79. The number of hydrogen-bond donors (Lipinski definition) is 1. The monoisotopic (exact) mass is 283 g/mol. The predicted molar refractivity (Wildman–Crippen MR) is 80.0 cm³/mol. The van der Waals surface area contributed by atoms with E-state index in [2.05, 4.69) is 12.2 Å². The first-order chi connectivity index (χ1) is 9.21. The summed E-state index contributed by atoms with van der Waals surface area (Å²) in [4.78, 5) is 11.7. The fraction of sp³-hybridized carbons (Fsp3) is 0.500. The third kappa shape index (κ3) is 5.42.